The standard InChI is InChI=1S/C17H23N3/c1-13-7-8-14(9-13)11-20-12-19-10-16(20)17(18)15-5-3-2-4-6-15/h2-6,10,12-14,17H,7-9,11,18H2,1H3. The normalized spacial score (nSPS) is 23.9. The Hall–Kier alpha value is -1.61. The molecule has 1 aromatic carbocycles. The summed E-state index contributed by atoms with van der Waals surface area (Å²) in [4.78, 5) is 4.31. The third kappa shape index (κ3) is 2.78. The summed E-state index contributed by atoms with van der Waals surface area (Å²) in [5.74, 6) is 1.65. The summed E-state index contributed by atoms with van der Waals surface area (Å²) < 4.78 is 2.25. The number of imidazole rings is 1. The molecule has 0 spiro atoms. The van der Waals surface area contributed by atoms with Gasteiger partial charge in [0, 0.05) is 6.54 Å². The minimum atomic E-state index is -0.0856. The summed E-state index contributed by atoms with van der Waals surface area (Å²) in [5, 5.41) is 0. The molecule has 3 atom stereocenters. The molecule has 0 amide bonds. The van der Waals surface area contributed by atoms with Crippen molar-refractivity contribution < 1.29 is 0 Å². The Balaban J connectivity index is 1.76. The minimum absolute atomic E-state index is 0.0856. The number of aromatic nitrogens is 2. The van der Waals surface area contributed by atoms with Gasteiger partial charge in [0.25, 0.3) is 0 Å². The van der Waals surface area contributed by atoms with Crippen LogP contribution in [-0.2, 0) is 6.54 Å². The van der Waals surface area contributed by atoms with E-state index in [0.717, 1.165) is 29.6 Å². The molecule has 1 aliphatic rings. The molecule has 2 N–H and O–H groups in total. The molecule has 106 valence electrons. The predicted molar refractivity (Wildman–Crippen MR) is 81.2 cm³/mol. The van der Waals surface area contributed by atoms with Gasteiger partial charge in [0.05, 0.1) is 24.3 Å². The smallest absolute Gasteiger partial charge is 0.0948 e. The molecular weight excluding hydrogens is 246 g/mol. The van der Waals surface area contributed by atoms with Crippen molar-refractivity contribution in [1.82, 2.24) is 9.55 Å². The number of benzene rings is 1. The van der Waals surface area contributed by atoms with E-state index in [1.54, 1.807) is 0 Å². The second-order valence-corrected chi connectivity index (χ2v) is 6.14. The second kappa shape index (κ2) is 5.80. The molecule has 3 unspecified atom stereocenters. The zero-order valence-corrected chi connectivity index (χ0v) is 12.1. The van der Waals surface area contributed by atoms with Crippen molar-refractivity contribution in [2.45, 2.75) is 38.8 Å². The van der Waals surface area contributed by atoms with Crippen LogP contribution >= 0.6 is 0 Å². The van der Waals surface area contributed by atoms with E-state index in [4.69, 9.17) is 5.73 Å². The topological polar surface area (TPSA) is 43.8 Å². The molecule has 2 aromatic rings. The van der Waals surface area contributed by atoms with Gasteiger partial charge in [0.15, 0.2) is 0 Å². The summed E-state index contributed by atoms with van der Waals surface area (Å²) in [5.41, 5.74) is 8.67. The largest absolute Gasteiger partial charge is 0.333 e. The van der Waals surface area contributed by atoms with E-state index >= 15 is 0 Å². The lowest BCUT2D eigenvalue weighted by atomic mass is 10.0. The maximum absolute atomic E-state index is 6.40. The Labute approximate surface area is 120 Å². The highest BCUT2D eigenvalue weighted by Gasteiger charge is 2.23. The van der Waals surface area contributed by atoms with Crippen LogP contribution < -0.4 is 5.73 Å². The molecule has 1 fully saturated rings. The molecule has 0 bridgehead atoms. The molecule has 0 aliphatic heterocycles. The molecule has 20 heavy (non-hydrogen) atoms. The van der Waals surface area contributed by atoms with Crippen molar-refractivity contribution in [3.63, 3.8) is 0 Å². The first-order chi connectivity index (χ1) is 9.74. The van der Waals surface area contributed by atoms with Gasteiger partial charge in [0.1, 0.15) is 0 Å². The summed E-state index contributed by atoms with van der Waals surface area (Å²) in [6, 6.07) is 10.2. The van der Waals surface area contributed by atoms with Gasteiger partial charge in [-0.1, -0.05) is 43.7 Å². The molecular formula is C17H23N3. The predicted octanol–water partition coefficient (Wildman–Crippen LogP) is 3.37. The van der Waals surface area contributed by atoms with Gasteiger partial charge in [-0.2, -0.15) is 0 Å². The summed E-state index contributed by atoms with van der Waals surface area (Å²) in [6.07, 6.45) is 7.87. The van der Waals surface area contributed by atoms with Crippen molar-refractivity contribution in [2.24, 2.45) is 17.6 Å². The first-order valence-electron chi connectivity index (χ1n) is 7.54. The van der Waals surface area contributed by atoms with Crippen LogP contribution in [-0.4, -0.2) is 9.55 Å². The average Bonchev–Trinajstić information content (AvgIpc) is 3.09. The average molecular weight is 269 g/mol. The van der Waals surface area contributed by atoms with Crippen LogP contribution in [0.4, 0.5) is 0 Å². The van der Waals surface area contributed by atoms with E-state index in [9.17, 15) is 0 Å². The van der Waals surface area contributed by atoms with E-state index < -0.39 is 0 Å². The molecule has 0 saturated heterocycles. The highest BCUT2D eigenvalue weighted by atomic mass is 15.1. The third-order valence-corrected chi connectivity index (χ3v) is 4.48. The van der Waals surface area contributed by atoms with Gasteiger partial charge in [-0.25, -0.2) is 4.98 Å². The number of nitrogens with zero attached hydrogens (tertiary/aromatic N) is 2. The van der Waals surface area contributed by atoms with Gasteiger partial charge in [-0.05, 0) is 30.2 Å². The fourth-order valence-corrected chi connectivity index (χ4v) is 3.34. The molecule has 3 nitrogen and oxygen atoms in total. The Bertz CT molecular complexity index is 546. The van der Waals surface area contributed by atoms with E-state index in [1.165, 1.54) is 19.3 Å². The van der Waals surface area contributed by atoms with Gasteiger partial charge in [0.2, 0.25) is 0 Å². The van der Waals surface area contributed by atoms with Gasteiger partial charge < -0.3 is 10.3 Å². The van der Waals surface area contributed by atoms with E-state index in [-0.39, 0.29) is 6.04 Å². The number of nitrogens with two attached hydrogens (primary N) is 1. The molecule has 1 heterocycles. The van der Waals surface area contributed by atoms with Crippen LogP contribution in [0.15, 0.2) is 42.9 Å². The van der Waals surface area contributed by atoms with Crippen LogP contribution in [0.25, 0.3) is 0 Å². The highest BCUT2D eigenvalue weighted by molar-refractivity contribution is 5.26. The fraction of sp³-hybridized carbons (Fsp3) is 0.471. The first-order valence-corrected chi connectivity index (χ1v) is 7.54. The zero-order chi connectivity index (χ0) is 13.9. The second-order valence-electron chi connectivity index (χ2n) is 6.14. The van der Waals surface area contributed by atoms with Crippen LogP contribution in [0.3, 0.4) is 0 Å². The molecule has 1 aliphatic carbocycles. The zero-order valence-electron chi connectivity index (χ0n) is 12.1. The van der Waals surface area contributed by atoms with Crippen molar-refractivity contribution in [3.05, 3.63) is 54.1 Å². The van der Waals surface area contributed by atoms with Crippen LogP contribution in [0.1, 0.15) is 43.5 Å². The van der Waals surface area contributed by atoms with E-state index in [2.05, 4.69) is 28.6 Å². The van der Waals surface area contributed by atoms with Crippen LogP contribution in [0.5, 0.6) is 0 Å². The Morgan fingerprint density at radius 3 is 2.80 bits per heavy atom. The fourth-order valence-electron chi connectivity index (χ4n) is 3.34. The molecule has 1 aromatic heterocycles. The van der Waals surface area contributed by atoms with Crippen molar-refractivity contribution in [1.29, 1.82) is 0 Å². The molecule has 3 rings (SSSR count). The van der Waals surface area contributed by atoms with Crippen LogP contribution in [0, 0.1) is 11.8 Å². The SMILES string of the molecule is CC1CCC(Cn2cncc2C(N)c2ccccc2)C1. The van der Waals surface area contributed by atoms with Crippen molar-refractivity contribution >= 4 is 0 Å². The number of hydrogen-bond donors (Lipinski definition) is 1. The van der Waals surface area contributed by atoms with Crippen molar-refractivity contribution in [3.8, 4) is 0 Å². The van der Waals surface area contributed by atoms with Crippen LogP contribution in [0.2, 0.25) is 0 Å². The Kier molecular flexibility index (Phi) is 3.88. The van der Waals surface area contributed by atoms with E-state index in [1.807, 2.05) is 30.7 Å². The highest BCUT2D eigenvalue weighted by Crippen LogP contribution is 2.32. The van der Waals surface area contributed by atoms with Gasteiger partial charge >= 0.3 is 0 Å². The van der Waals surface area contributed by atoms with Gasteiger partial charge in [-0.15, -0.1) is 0 Å². The summed E-state index contributed by atoms with van der Waals surface area (Å²) in [6.45, 7) is 3.41. The third-order valence-electron chi connectivity index (χ3n) is 4.48. The van der Waals surface area contributed by atoms with E-state index in [0.29, 0.717) is 0 Å². The quantitative estimate of drug-likeness (QED) is 0.925. The number of rotatable bonds is 4. The lowest BCUT2D eigenvalue weighted by molar-refractivity contribution is 0.430. The van der Waals surface area contributed by atoms with Gasteiger partial charge in [-0.3, -0.25) is 0 Å². The Morgan fingerprint density at radius 2 is 2.10 bits per heavy atom. The summed E-state index contributed by atoms with van der Waals surface area (Å²) >= 11 is 0. The van der Waals surface area contributed by atoms with Crippen molar-refractivity contribution in [2.75, 3.05) is 0 Å². The number of hydrogen-bond acceptors (Lipinski definition) is 2. The molecule has 3 heteroatoms. The lowest BCUT2D eigenvalue weighted by Crippen LogP contribution is -2.18. The monoisotopic (exact) mass is 269 g/mol. The maximum Gasteiger partial charge on any atom is 0.0948 e. The molecule has 0 radical (unpaired) electrons. The summed E-state index contributed by atoms with van der Waals surface area (Å²) in [7, 11) is 0. The first kappa shape index (κ1) is 13.4. The Morgan fingerprint density at radius 1 is 1.30 bits per heavy atom. The maximum atomic E-state index is 6.40. The lowest BCUT2D eigenvalue weighted by Gasteiger charge is -2.18. The minimum Gasteiger partial charge on any atom is -0.333 e. The molecule has 1 saturated carbocycles.